The first-order chi connectivity index (χ1) is 17.0. The fraction of sp³-hybridized carbons (Fsp3) is 0.500. The number of nitrogens with zero attached hydrogens (tertiary/aromatic N) is 4. The van der Waals surface area contributed by atoms with Gasteiger partial charge in [0.25, 0.3) is 0 Å². The number of allylic oxidation sites excluding steroid dienone is 2. The van der Waals surface area contributed by atoms with Crippen LogP contribution in [0.25, 0.3) is 16.0 Å². The van der Waals surface area contributed by atoms with E-state index in [9.17, 15) is 4.79 Å². The van der Waals surface area contributed by atoms with E-state index in [4.69, 9.17) is 4.98 Å². The average Bonchev–Trinajstić information content (AvgIpc) is 3.37. The highest BCUT2D eigenvalue weighted by molar-refractivity contribution is 7.15. The predicted molar refractivity (Wildman–Crippen MR) is 142 cm³/mol. The zero-order valence-electron chi connectivity index (χ0n) is 20.8. The van der Waals surface area contributed by atoms with Gasteiger partial charge in [0.2, 0.25) is 0 Å². The fourth-order valence-electron chi connectivity index (χ4n) is 5.39. The summed E-state index contributed by atoms with van der Waals surface area (Å²) in [7, 11) is 2.20. The van der Waals surface area contributed by atoms with E-state index >= 15 is 0 Å². The number of amides is 2. The van der Waals surface area contributed by atoms with Crippen molar-refractivity contribution in [2.24, 2.45) is 0 Å². The summed E-state index contributed by atoms with van der Waals surface area (Å²) in [4.78, 5) is 27.1. The van der Waals surface area contributed by atoms with Gasteiger partial charge in [-0.15, -0.1) is 11.3 Å². The number of nitrogens with one attached hydrogen (secondary N) is 1. The summed E-state index contributed by atoms with van der Waals surface area (Å²) in [6.07, 6.45) is 10.7. The molecule has 1 N–H and O–H groups in total. The molecule has 2 aromatic rings. The zero-order chi connectivity index (χ0) is 23.9. The molecule has 1 saturated heterocycles. The van der Waals surface area contributed by atoms with Crippen molar-refractivity contribution >= 4 is 22.9 Å². The highest BCUT2D eigenvalue weighted by Gasteiger charge is 2.30. The molecule has 6 nitrogen and oxygen atoms in total. The van der Waals surface area contributed by atoms with Crippen molar-refractivity contribution in [3.8, 4) is 10.4 Å². The Morgan fingerprint density at radius 2 is 2.00 bits per heavy atom. The molecule has 2 aliphatic heterocycles. The van der Waals surface area contributed by atoms with Crippen LogP contribution in [0.3, 0.4) is 0 Å². The van der Waals surface area contributed by atoms with Gasteiger partial charge >= 0.3 is 6.03 Å². The third-order valence-corrected chi connectivity index (χ3v) is 8.87. The Morgan fingerprint density at radius 1 is 1.17 bits per heavy atom. The molecule has 2 amide bonds. The molecule has 2 aliphatic carbocycles. The number of fused-ring (bicyclic) bond motifs is 1. The number of thiophene rings is 1. The van der Waals surface area contributed by atoms with Gasteiger partial charge in [0.1, 0.15) is 0 Å². The van der Waals surface area contributed by atoms with E-state index in [1.54, 1.807) is 0 Å². The molecule has 1 saturated carbocycles. The minimum Gasteiger partial charge on any atom is -0.335 e. The Morgan fingerprint density at radius 3 is 2.77 bits per heavy atom. The minimum atomic E-state index is 0.0881. The van der Waals surface area contributed by atoms with E-state index < -0.39 is 0 Å². The van der Waals surface area contributed by atoms with Gasteiger partial charge in [0.05, 0.1) is 5.69 Å². The molecule has 4 heterocycles. The molecule has 35 heavy (non-hydrogen) atoms. The fourth-order valence-corrected chi connectivity index (χ4v) is 6.42. The molecule has 6 rings (SSSR count). The van der Waals surface area contributed by atoms with Crippen molar-refractivity contribution in [3.05, 3.63) is 58.3 Å². The van der Waals surface area contributed by atoms with Crippen LogP contribution in [-0.2, 0) is 13.0 Å². The van der Waals surface area contributed by atoms with Crippen LogP contribution in [0.4, 0.5) is 4.79 Å². The monoisotopic (exact) mass is 489 g/mol. The molecule has 0 bridgehead atoms. The van der Waals surface area contributed by atoms with E-state index in [1.807, 2.05) is 22.4 Å². The van der Waals surface area contributed by atoms with E-state index in [0.717, 1.165) is 65.0 Å². The molecule has 7 heteroatoms. The van der Waals surface area contributed by atoms with Crippen molar-refractivity contribution in [1.29, 1.82) is 0 Å². The van der Waals surface area contributed by atoms with Crippen LogP contribution < -0.4 is 5.32 Å². The Kier molecular flexibility index (Phi) is 6.25. The largest absolute Gasteiger partial charge is 0.335 e. The molecule has 0 radical (unpaired) electrons. The van der Waals surface area contributed by atoms with Crippen molar-refractivity contribution in [1.82, 2.24) is 25.0 Å². The van der Waals surface area contributed by atoms with Crippen molar-refractivity contribution < 1.29 is 4.79 Å². The number of carbonyl (C=O) groups is 1. The number of pyridine rings is 1. The maximum Gasteiger partial charge on any atom is 0.318 e. The number of aromatic nitrogens is 1. The van der Waals surface area contributed by atoms with Gasteiger partial charge in [0, 0.05) is 84.9 Å². The van der Waals surface area contributed by atoms with E-state index in [-0.39, 0.29) is 12.1 Å². The van der Waals surface area contributed by atoms with Crippen molar-refractivity contribution in [3.63, 3.8) is 0 Å². The number of piperazine rings is 1. The van der Waals surface area contributed by atoms with Crippen LogP contribution in [0.15, 0.2) is 42.1 Å². The average molecular weight is 490 g/mol. The summed E-state index contributed by atoms with van der Waals surface area (Å²) >= 11 is 1.90. The van der Waals surface area contributed by atoms with Crippen LogP contribution in [0.2, 0.25) is 0 Å². The smallest absolute Gasteiger partial charge is 0.318 e. The van der Waals surface area contributed by atoms with E-state index in [2.05, 4.69) is 59.4 Å². The lowest BCUT2D eigenvalue weighted by atomic mass is 9.93. The van der Waals surface area contributed by atoms with Crippen LogP contribution in [0.1, 0.15) is 42.3 Å². The topological polar surface area (TPSA) is 51.7 Å². The summed E-state index contributed by atoms with van der Waals surface area (Å²) in [5.74, 6) is 0. The van der Waals surface area contributed by atoms with Gasteiger partial charge in [-0.1, -0.05) is 12.2 Å². The lowest BCUT2D eigenvalue weighted by Crippen LogP contribution is -2.47. The van der Waals surface area contributed by atoms with Gasteiger partial charge in [0.15, 0.2) is 0 Å². The second kappa shape index (κ2) is 9.52. The van der Waals surface area contributed by atoms with Crippen molar-refractivity contribution in [2.45, 2.75) is 51.2 Å². The summed E-state index contributed by atoms with van der Waals surface area (Å²) in [5.41, 5.74) is 6.32. The van der Waals surface area contributed by atoms with Gasteiger partial charge < -0.3 is 15.1 Å². The standard InChI is InChI=1S/C28H35N5OS/c1-19-15-20(9-10-33(19)28(34)30-22-3-4-22)24-6-7-26-25(24)16-21(17-29-26)27-8-5-23(35-27)18-32-13-11-31(2)12-14-32/h5-6,8,15-17,19,22H,3-4,7,9-14,18H2,1-2H3,(H,30,34). The summed E-state index contributed by atoms with van der Waals surface area (Å²) in [6, 6.07) is 7.47. The quantitative estimate of drug-likeness (QED) is 0.677. The number of rotatable bonds is 5. The molecule has 2 aromatic heterocycles. The number of urea groups is 1. The van der Waals surface area contributed by atoms with Gasteiger partial charge in [-0.2, -0.15) is 0 Å². The summed E-state index contributed by atoms with van der Waals surface area (Å²) in [6.45, 7) is 8.53. The van der Waals surface area contributed by atoms with E-state index in [1.165, 1.54) is 37.7 Å². The summed E-state index contributed by atoms with van der Waals surface area (Å²) in [5, 5.41) is 3.14. The minimum absolute atomic E-state index is 0.0881. The second-order valence-electron chi connectivity index (χ2n) is 10.5. The second-order valence-corrected chi connectivity index (χ2v) is 11.7. The molecule has 4 aliphatic rings. The highest BCUT2D eigenvalue weighted by atomic mass is 32.1. The predicted octanol–water partition coefficient (Wildman–Crippen LogP) is 4.39. The SMILES string of the molecule is CC1C=C(C2=CCc3ncc(-c4ccc(CN5CCN(C)CC5)s4)cc32)CCN1C(=O)NC1CC1. The number of hydrogen-bond donors (Lipinski definition) is 1. The third kappa shape index (κ3) is 4.95. The first kappa shape index (κ1) is 23.0. The Bertz CT molecular complexity index is 1170. The van der Waals surface area contributed by atoms with Gasteiger partial charge in [-0.05, 0) is 62.6 Å². The zero-order valence-corrected chi connectivity index (χ0v) is 21.6. The maximum absolute atomic E-state index is 12.6. The Labute approximate surface area is 212 Å². The Balaban J connectivity index is 1.16. The molecule has 0 spiro atoms. The first-order valence-electron chi connectivity index (χ1n) is 13.0. The van der Waals surface area contributed by atoms with Gasteiger partial charge in [-0.25, -0.2) is 4.79 Å². The molecule has 1 atom stereocenters. The van der Waals surface area contributed by atoms with E-state index in [0.29, 0.717) is 6.04 Å². The lowest BCUT2D eigenvalue weighted by Gasteiger charge is -2.33. The molecular formula is C28H35N5OS. The maximum atomic E-state index is 12.6. The Hall–Kier alpha value is -2.48. The number of hydrogen-bond acceptors (Lipinski definition) is 5. The van der Waals surface area contributed by atoms with Crippen LogP contribution in [0, 0.1) is 0 Å². The summed E-state index contributed by atoms with van der Waals surface area (Å²) < 4.78 is 0. The van der Waals surface area contributed by atoms with Crippen molar-refractivity contribution in [2.75, 3.05) is 39.8 Å². The van der Waals surface area contributed by atoms with Crippen LogP contribution in [-0.4, -0.2) is 77.6 Å². The normalized spacial score (nSPS) is 23.1. The molecule has 2 fully saturated rings. The molecule has 184 valence electrons. The van der Waals surface area contributed by atoms with Crippen LogP contribution >= 0.6 is 11.3 Å². The molecule has 1 unspecified atom stereocenters. The van der Waals surface area contributed by atoms with Crippen LogP contribution in [0.5, 0.6) is 0 Å². The number of likely N-dealkylation sites (N-methyl/N-ethyl adjacent to an activating group) is 1. The highest BCUT2D eigenvalue weighted by Crippen LogP contribution is 2.38. The molecule has 0 aromatic carbocycles. The lowest BCUT2D eigenvalue weighted by molar-refractivity contribution is 0.149. The number of carbonyl (C=O) groups excluding carboxylic acids is 1. The van der Waals surface area contributed by atoms with Gasteiger partial charge in [-0.3, -0.25) is 9.88 Å². The molecular weight excluding hydrogens is 454 g/mol. The third-order valence-electron chi connectivity index (χ3n) is 7.75. The first-order valence-corrected chi connectivity index (χ1v) is 13.8.